The van der Waals surface area contributed by atoms with Crippen molar-refractivity contribution < 1.29 is 23.0 Å². The second-order valence-electron chi connectivity index (χ2n) is 8.16. The number of carbonyl (C=O) groups excluding carboxylic acids is 1. The fourth-order valence-electron chi connectivity index (χ4n) is 4.08. The van der Waals surface area contributed by atoms with Crippen LogP contribution in [0.4, 0.5) is 8.78 Å². The molecule has 2 atom stereocenters. The van der Waals surface area contributed by atoms with Gasteiger partial charge in [0.1, 0.15) is 22.9 Å². The molecule has 4 aromatic rings. The molecule has 0 unspecified atom stereocenters. The van der Waals surface area contributed by atoms with Gasteiger partial charge in [0.15, 0.2) is 5.75 Å². The fourth-order valence-corrected chi connectivity index (χ4v) is 4.08. The van der Waals surface area contributed by atoms with Gasteiger partial charge in [0.25, 0.3) is 5.56 Å². The summed E-state index contributed by atoms with van der Waals surface area (Å²) in [6.45, 7) is 1.52. The molecule has 0 saturated carbocycles. The third kappa shape index (κ3) is 5.02. The van der Waals surface area contributed by atoms with E-state index < -0.39 is 35.1 Å². The molecule has 1 amide bonds. The fraction of sp³-hybridized carbons (Fsp3) is 0.231. The van der Waals surface area contributed by atoms with E-state index in [1.807, 2.05) is 0 Å². The van der Waals surface area contributed by atoms with Crippen LogP contribution in [0.25, 0.3) is 11.0 Å². The number of nitrogens with one attached hydrogen (secondary N) is 2. The average Bonchev–Trinajstić information content (AvgIpc) is 2.86. The lowest BCUT2D eigenvalue weighted by Gasteiger charge is -2.22. The predicted octanol–water partition coefficient (Wildman–Crippen LogP) is 3.82. The highest BCUT2D eigenvalue weighted by Crippen LogP contribution is 2.32. The highest BCUT2D eigenvalue weighted by Gasteiger charge is 2.31. The molecule has 3 heterocycles. The molecular formula is C26H24F2N4O4. The zero-order valence-corrected chi connectivity index (χ0v) is 19.8. The van der Waals surface area contributed by atoms with Crippen LogP contribution in [0, 0.1) is 11.6 Å². The minimum atomic E-state index is -1.03. The summed E-state index contributed by atoms with van der Waals surface area (Å²) < 4.78 is 38.4. The summed E-state index contributed by atoms with van der Waals surface area (Å²) in [6.07, 6.45) is 2.55. The van der Waals surface area contributed by atoms with Gasteiger partial charge in [0.05, 0.1) is 49.2 Å². The average molecular weight is 494 g/mol. The summed E-state index contributed by atoms with van der Waals surface area (Å²) in [7, 11) is 2.94. The Labute approximate surface area is 205 Å². The first-order valence-electron chi connectivity index (χ1n) is 11.1. The Morgan fingerprint density at radius 1 is 1.11 bits per heavy atom. The third-order valence-electron chi connectivity index (χ3n) is 5.83. The van der Waals surface area contributed by atoms with E-state index in [9.17, 15) is 18.4 Å². The van der Waals surface area contributed by atoms with E-state index in [2.05, 4.69) is 20.3 Å². The predicted molar refractivity (Wildman–Crippen MR) is 129 cm³/mol. The van der Waals surface area contributed by atoms with Crippen LogP contribution in [0.3, 0.4) is 0 Å². The Kier molecular flexibility index (Phi) is 7.23. The summed E-state index contributed by atoms with van der Waals surface area (Å²) in [5.74, 6) is -2.51. The zero-order chi connectivity index (χ0) is 25.8. The summed E-state index contributed by atoms with van der Waals surface area (Å²) in [4.78, 5) is 37.7. The molecule has 0 aliphatic rings. The quantitative estimate of drug-likeness (QED) is 0.386. The summed E-state index contributed by atoms with van der Waals surface area (Å²) >= 11 is 0. The van der Waals surface area contributed by atoms with Gasteiger partial charge in [-0.15, -0.1) is 0 Å². The monoisotopic (exact) mass is 494 g/mol. The smallest absolute Gasteiger partial charge is 0.256 e. The number of aromatic nitrogens is 3. The Morgan fingerprint density at radius 3 is 2.53 bits per heavy atom. The van der Waals surface area contributed by atoms with Crippen molar-refractivity contribution in [1.29, 1.82) is 0 Å². The van der Waals surface area contributed by atoms with Crippen LogP contribution in [-0.2, 0) is 11.2 Å². The van der Waals surface area contributed by atoms with Gasteiger partial charge in [0.2, 0.25) is 5.91 Å². The van der Waals surface area contributed by atoms with Gasteiger partial charge in [-0.1, -0.05) is 12.1 Å². The van der Waals surface area contributed by atoms with Crippen LogP contribution in [-0.4, -0.2) is 35.1 Å². The Bertz CT molecular complexity index is 1460. The maximum atomic E-state index is 14.3. The molecule has 10 heteroatoms. The van der Waals surface area contributed by atoms with E-state index in [0.717, 1.165) is 11.8 Å². The van der Waals surface area contributed by atoms with Crippen molar-refractivity contribution in [1.82, 2.24) is 20.3 Å². The van der Waals surface area contributed by atoms with E-state index >= 15 is 0 Å². The van der Waals surface area contributed by atoms with Crippen molar-refractivity contribution in [2.75, 3.05) is 14.2 Å². The number of nitrogens with zero attached hydrogens (tertiary/aromatic N) is 2. The maximum Gasteiger partial charge on any atom is 0.256 e. The van der Waals surface area contributed by atoms with Crippen LogP contribution in [0.15, 0.2) is 59.7 Å². The Hall–Kier alpha value is -4.34. The number of ether oxygens (including phenoxy) is 2. The van der Waals surface area contributed by atoms with Crippen molar-refractivity contribution in [3.8, 4) is 11.5 Å². The molecule has 0 aliphatic carbocycles. The number of amides is 1. The maximum absolute atomic E-state index is 14.3. The number of rotatable bonds is 8. The van der Waals surface area contributed by atoms with Crippen molar-refractivity contribution >= 4 is 16.9 Å². The minimum Gasteiger partial charge on any atom is -0.497 e. The standard InChI is InChI=1S/C26H24F2N4O4/c1-14(22-19(28)12-16(27)13-30-22)31-25(33)18(11-15-6-8-17(35-2)9-7-15)21-24(36-3)23-20(32-26(21)34)5-4-10-29-23/h4-10,12-14,18H,11H2,1-3H3,(H,31,33)(H,32,34)/t14-,18+/m0/s1. The number of fused-ring (bicyclic) bond motifs is 1. The molecule has 0 fully saturated rings. The molecule has 0 bridgehead atoms. The van der Waals surface area contributed by atoms with Gasteiger partial charge >= 0.3 is 0 Å². The number of methoxy groups -OCH3 is 2. The first kappa shape index (κ1) is 24.8. The number of benzene rings is 1. The lowest BCUT2D eigenvalue weighted by atomic mass is 9.90. The lowest BCUT2D eigenvalue weighted by Crippen LogP contribution is -2.36. The van der Waals surface area contributed by atoms with Gasteiger partial charge < -0.3 is 19.8 Å². The highest BCUT2D eigenvalue weighted by molar-refractivity contribution is 5.89. The van der Waals surface area contributed by atoms with Crippen molar-refractivity contribution in [2.24, 2.45) is 0 Å². The lowest BCUT2D eigenvalue weighted by molar-refractivity contribution is -0.123. The number of hydrogen-bond donors (Lipinski definition) is 2. The first-order valence-corrected chi connectivity index (χ1v) is 11.1. The minimum absolute atomic E-state index is 0.0803. The number of aromatic amines is 1. The van der Waals surface area contributed by atoms with Gasteiger partial charge in [-0.2, -0.15) is 0 Å². The molecule has 8 nitrogen and oxygen atoms in total. The summed E-state index contributed by atoms with van der Waals surface area (Å²) in [5, 5.41) is 2.71. The molecule has 2 N–H and O–H groups in total. The Balaban J connectivity index is 1.78. The van der Waals surface area contributed by atoms with Gasteiger partial charge in [-0.05, 0) is 43.2 Å². The zero-order valence-electron chi connectivity index (χ0n) is 19.8. The van der Waals surface area contributed by atoms with Gasteiger partial charge in [0, 0.05) is 12.3 Å². The molecular weight excluding hydrogens is 470 g/mol. The van der Waals surface area contributed by atoms with Crippen LogP contribution >= 0.6 is 0 Å². The molecule has 0 radical (unpaired) electrons. The van der Waals surface area contributed by atoms with Crippen molar-refractivity contribution in [2.45, 2.75) is 25.3 Å². The van der Waals surface area contributed by atoms with E-state index in [4.69, 9.17) is 9.47 Å². The Morgan fingerprint density at radius 2 is 1.86 bits per heavy atom. The van der Waals surface area contributed by atoms with Crippen molar-refractivity contribution in [3.05, 3.63) is 93.7 Å². The molecule has 36 heavy (non-hydrogen) atoms. The number of pyridine rings is 3. The summed E-state index contributed by atoms with van der Waals surface area (Å²) in [6, 6.07) is 10.2. The largest absolute Gasteiger partial charge is 0.497 e. The number of carbonyl (C=O) groups is 1. The molecule has 3 aromatic heterocycles. The number of hydrogen-bond acceptors (Lipinski definition) is 6. The van der Waals surface area contributed by atoms with E-state index in [1.165, 1.54) is 14.0 Å². The van der Waals surface area contributed by atoms with E-state index in [-0.39, 0.29) is 23.4 Å². The second-order valence-corrected chi connectivity index (χ2v) is 8.16. The van der Waals surface area contributed by atoms with Gasteiger partial charge in [-0.3, -0.25) is 19.6 Å². The normalized spacial score (nSPS) is 12.7. The van der Waals surface area contributed by atoms with Crippen LogP contribution < -0.4 is 20.3 Å². The first-order chi connectivity index (χ1) is 17.3. The third-order valence-corrected chi connectivity index (χ3v) is 5.83. The van der Waals surface area contributed by atoms with Crippen molar-refractivity contribution in [3.63, 3.8) is 0 Å². The van der Waals surface area contributed by atoms with Crippen LogP contribution in [0.2, 0.25) is 0 Å². The van der Waals surface area contributed by atoms with Gasteiger partial charge in [-0.25, -0.2) is 8.78 Å². The second kappa shape index (κ2) is 10.5. The van der Waals surface area contributed by atoms with E-state index in [1.54, 1.807) is 49.7 Å². The molecule has 4 rings (SSSR count). The van der Waals surface area contributed by atoms with E-state index in [0.29, 0.717) is 22.8 Å². The van der Waals surface area contributed by atoms with Crippen LogP contribution in [0.1, 0.15) is 35.7 Å². The highest BCUT2D eigenvalue weighted by atomic mass is 19.1. The molecule has 0 spiro atoms. The topological polar surface area (TPSA) is 106 Å². The molecule has 1 aromatic carbocycles. The molecule has 186 valence electrons. The van der Waals surface area contributed by atoms with Crippen LogP contribution in [0.5, 0.6) is 11.5 Å². The summed E-state index contributed by atoms with van der Waals surface area (Å²) in [5.41, 5.74) is 1.03. The SMILES string of the molecule is COc1ccc(C[C@@H](C(=O)N[C@@H](C)c2ncc(F)cc2F)c2c(OC)c3ncccc3[nH]c2=O)cc1. The molecule has 0 saturated heterocycles. The number of H-pyrrole nitrogens is 1. The molecule has 0 aliphatic heterocycles. The number of halogens is 2.